The van der Waals surface area contributed by atoms with Gasteiger partial charge in [-0.3, -0.25) is 15.1 Å². The second-order valence-corrected chi connectivity index (χ2v) is 5.65. The summed E-state index contributed by atoms with van der Waals surface area (Å²) in [5.41, 5.74) is -1.40. The Bertz CT molecular complexity index is 1070. The maximum Gasteiger partial charge on any atom is 0.434 e. The molecule has 1 aromatic carbocycles. The molecule has 0 N–H and O–H groups in total. The Hall–Kier alpha value is -3.76. The second kappa shape index (κ2) is 7.70. The molecule has 0 atom stereocenters. The van der Waals surface area contributed by atoms with Gasteiger partial charge in [-0.2, -0.15) is 13.2 Å². The van der Waals surface area contributed by atoms with Crippen molar-refractivity contribution in [1.82, 2.24) is 15.0 Å². The van der Waals surface area contributed by atoms with Crippen molar-refractivity contribution in [1.29, 1.82) is 0 Å². The normalized spacial score (nSPS) is 11.2. The van der Waals surface area contributed by atoms with E-state index in [0.717, 1.165) is 6.20 Å². The molecular formula is C18H13F3N4O4. The van der Waals surface area contributed by atoms with Gasteiger partial charge in [0.05, 0.1) is 30.4 Å². The zero-order valence-corrected chi connectivity index (χ0v) is 15.1. The Balaban J connectivity index is 2.17. The number of nitro benzene ring substituents is 1. The molecule has 0 aliphatic carbocycles. The summed E-state index contributed by atoms with van der Waals surface area (Å²) in [6.45, 7) is 0. The third-order valence-corrected chi connectivity index (χ3v) is 3.92. The molecule has 29 heavy (non-hydrogen) atoms. The molecule has 3 aromatic rings. The van der Waals surface area contributed by atoms with Crippen molar-refractivity contribution in [2.24, 2.45) is 0 Å². The summed E-state index contributed by atoms with van der Waals surface area (Å²) in [5.74, 6) is -0.225. The van der Waals surface area contributed by atoms with Gasteiger partial charge in [-0.1, -0.05) is 0 Å². The van der Waals surface area contributed by atoms with Crippen LogP contribution >= 0.6 is 0 Å². The zero-order chi connectivity index (χ0) is 21.2. The van der Waals surface area contributed by atoms with Gasteiger partial charge < -0.3 is 9.47 Å². The van der Waals surface area contributed by atoms with Crippen molar-refractivity contribution in [2.45, 2.75) is 6.18 Å². The summed E-state index contributed by atoms with van der Waals surface area (Å²) in [7, 11) is 2.57. The van der Waals surface area contributed by atoms with Gasteiger partial charge in [0.15, 0.2) is 17.3 Å². The van der Waals surface area contributed by atoms with E-state index in [2.05, 4.69) is 15.0 Å². The molecule has 0 radical (unpaired) electrons. The van der Waals surface area contributed by atoms with E-state index >= 15 is 0 Å². The molecule has 3 rings (SSSR count). The van der Waals surface area contributed by atoms with Crippen molar-refractivity contribution in [3.63, 3.8) is 0 Å². The monoisotopic (exact) mass is 406 g/mol. The maximum atomic E-state index is 13.3. The number of halogens is 3. The highest BCUT2D eigenvalue weighted by molar-refractivity contribution is 5.72. The standard InChI is InChI=1S/C18H13F3N4O4/c1-28-14-9-10(8-13(25(26)27)15(14)29-2)12-5-7-23-17(24-12)11-4-3-6-22-16(11)18(19,20)21/h3-9H,1-2H3. The predicted molar refractivity (Wildman–Crippen MR) is 95.5 cm³/mol. The van der Waals surface area contributed by atoms with Crippen LogP contribution in [0.4, 0.5) is 18.9 Å². The summed E-state index contributed by atoms with van der Waals surface area (Å²) in [5, 5.41) is 11.4. The van der Waals surface area contributed by atoms with Gasteiger partial charge in [-0.15, -0.1) is 0 Å². The van der Waals surface area contributed by atoms with Gasteiger partial charge in [0, 0.05) is 24.0 Å². The molecule has 0 fully saturated rings. The van der Waals surface area contributed by atoms with E-state index < -0.39 is 16.8 Å². The van der Waals surface area contributed by atoms with Gasteiger partial charge in [0.1, 0.15) is 0 Å². The lowest BCUT2D eigenvalue weighted by molar-refractivity contribution is -0.385. The van der Waals surface area contributed by atoms with E-state index in [1.54, 1.807) is 0 Å². The van der Waals surface area contributed by atoms with E-state index in [1.807, 2.05) is 0 Å². The van der Waals surface area contributed by atoms with Crippen LogP contribution in [0.25, 0.3) is 22.6 Å². The third kappa shape index (κ3) is 3.93. The number of benzene rings is 1. The third-order valence-electron chi connectivity index (χ3n) is 3.92. The molecule has 0 unspecified atom stereocenters. The number of pyridine rings is 1. The fourth-order valence-electron chi connectivity index (χ4n) is 2.69. The predicted octanol–water partition coefficient (Wildman–Crippen LogP) is 4.15. The van der Waals surface area contributed by atoms with Crippen molar-refractivity contribution in [3.8, 4) is 34.1 Å². The summed E-state index contributed by atoms with van der Waals surface area (Å²) >= 11 is 0. The average molecular weight is 406 g/mol. The summed E-state index contributed by atoms with van der Waals surface area (Å²) in [6.07, 6.45) is -2.42. The number of hydrogen-bond acceptors (Lipinski definition) is 7. The minimum Gasteiger partial charge on any atom is -0.493 e. The van der Waals surface area contributed by atoms with Gasteiger partial charge in [-0.25, -0.2) is 9.97 Å². The SMILES string of the molecule is COc1cc(-c2ccnc(-c3cccnc3C(F)(F)F)n2)cc([N+](=O)[O-])c1OC. The van der Waals surface area contributed by atoms with Crippen LogP contribution in [-0.4, -0.2) is 34.1 Å². The molecule has 8 nitrogen and oxygen atoms in total. The van der Waals surface area contributed by atoms with Crippen LogP contribution in [0.15, 0.2) is 42.7 Å². The van der Waals surface area contributed by atoms with E-state index in [4.69, 9.17) is 9.47 Å². The van der Waals surface area contributed by atoms with Crippen molar-refractivity contribution < 1.29 is 27.6 Å². The van der Waals surface area contributed by atoms with E-state index in [9.17, 15) is 23.3 Å². The quantitative estimate of drug-likeness (QED) is 0.463. The lowest BCUT2D eigenvalue weighted by atomic mass is 10.1. The van der Waals surface area contributed by atoms with Crippen molar-refractivity contribution >= 4 is 5.69 Å². The van der Waals surface area contributed by atoms with Gasteiger partial charge in [0.25, 0.3) is 0 Å². The van der Waals surface area contributed by atoms with Gasteiger partial charge in [-0.05, 0) is 24.3 Å². The Kier molecular flexibility index (Phi) is 5.31. The van der Waals surface area contributed by atoms with Crippen LogP contribution in [0.2, 0.25) is 0 Å². The molecular weight excluding hydrogens is 393 g/mol. The molecule has 0 amide bonds. The number of nitro groups is 1. The van der Waals surface area contributed by atoms with Crippen LogP contribution in [0.1, 0.15) is 5.69 Å². The Labute approximate surface area is 162 Å². The number of hydrogen-bond donors (Lipinski definition) is 0. The second-order valence-electron chi connectivity index (χ2n) is 5.65. The van der Waals surface area contributed by atoms with Crippen LogP contribution in [0.3, 0.4) is 0 Å². The van der Waals surface area contributed by atoms with E-state index in [-0.39, 0.29) is 39.8 Å². The first-order valence-electron chi connectivity index (χ1n) is 8.02. The van der Waals surface area contributed by atoms with Crippen LogP contribution < -0.4 is 9.47 Å². The van der Waals surface area contributed by atoms with Gasteiger partial charge in [0.2, 0.25) is 5.75 Å². The molecule has 0 saturated heterocycles. The molecule has 150 valence electrons. The first kappa shape index (κ1) is 20.0. The number of ether oxygens (including phenoxy) is 2. The zero-order valence-electron chi connectivity index (χ0n) is 15.1. The Morgan fingerprint density at radius 2 is 1.83 bits per heavy atom. The fourth-order valence-corrected chi connectivity index (χ4v) is 2.69. The van der Waals surface area contributed by atoms with Crippen LogP contribution in [0, 0.1) is 10.1 Å². The highest BCUT2D eigenvalue weighted by Gasteiger charge is 2.36. The molecule has 0 saturated carbocycles. The first-order chi connectivity index (χ1) is 13.8. The number of methoxy groups -OCH3 is 2. The summed E-state index contributed by atoms with van der Waals surface area (Å²) in [6, 6.07) is 6.58. The van der Waals surface area contributed by atoms with Gasteiger partial charge >= 0.3 is 11.9 Å². The average Bonchev–Trinajstić information content (AvgIpc) is 2.72. The molecule has 2 heterocycles. The van der Waals surface area contributed by atoms with E-state index in [0.29, 0.717) is 0 Å². The lowest BCUT2D eigenvalue weighted by Gasteiger charge is -2.12. The number of aromatic nitrogens is 3. The Morgan fingerprint density at radius 3 is 2.45 bits per heavy atom. The number of alkyl halides is 3. The van der Waals surface area contributed by atoms with Crippen LogP contribution in [-0.2, 0) is 6.18 Å². The molecule has 0 aliphatic rings. The topological polar surface area (TPSA) is 100 Å². The lowest BCUT2D eigenvalue weighted by Crippen LogP contribution is -2.10. The van der Waals surface area contributed by atoms with Crippen molar-refractivity contribution in [3.05, 3.63) is 58.5 Å². The molecule has 0 bridgehead atoms. The summed E-state index contributed by atoms with van der Waals surface area (Å²) in [4.78, 5) is 22.2. The Morgan fingerprint density at radius 1 is 1.07 bits per heavy atom. The highest BCUT2D eigenvalue weighted by atomic mass is 19.4. The number of nitrogens with zero attached hydrogens (tertiary/aromatic N) is 4. The molecule has 11 heteroatoms. The first-order valence-corrected chi connectivity index (χ1v) is 8.02. The minimum absolute atomic E-state index is 0.0780. The maximum absolute atomic E-state index is 13.3. The number of rotatable bonds is 5. The fraction of sp³-hybridized carbons (Fsp3) is 0.167. The molecule has 2 aromatic heterocycles. The highest BCUT2D eigenvalue weighted by Crippen LogP contribution is 2.41. The minimum atomic E-state index is -4.70. The smallest absolute Gasteiger partial charge is 0.434 e. The summed E-state index contributed by atoms with van der Waals surface area (Å²) < 4.78 is 49.9. The molecule has 0 aliphatic heterocycles. The molecule has 0 spiro atoms. The van der Waals surface area contributed by atoms with Crippen molar-refractivity contribution in [2.75, 3.05) is 14.2 Å². The van der Waals surface area contributed by atoms with E-state index in [1.165, 1.54) is 50.7 Å². The largest absolute Gasteiger partial charge is 0.493 e. The van der Waals surface area contributed by atoms with Crippen LogP contribution in [0.5, 0.6) is 11.5 Å².